The largest absolute Gasteiger partial charge is 0.462 e. The molecule has 1 spiro atoms. The van der Waals surface area contributed by atoms with E-state index in [1.165, 1.54) is 50.6 Å². The van der Waals surface area contributed by atoms with Crippen molar-refractivity contribution in [2.75, 3.05) is 20.2 Å². The minimum absolute atomic E-state index is 0.0313. The Kier molecular flexibility index (Phi) is 13.6. The number of hydrogen-bond donors (Lipinski definition) is 2. The fourth-order valence-electron chi connectivity index (χ4n) is 10.3. The number of nitrogens with one attached hydrogen (secondary N) is 2. The summed E-state index contributed by atoms with van der Waals surface area (Å²) in [6, 6.07) is 12.1. The van der Waals surface area contributed by atoms with E-state index in [2.05, 4.69) is 32.0 Å². The number of ether oxygens (including phenoxy) is 1. The van der Waals surface area contributed by atoms with Gasteiger partial charge in [-0.2, -0.15) is 13.2 Å². The number of rotatable bonds is 14. The number of carbonyl (C=O) groups is 4. The number of likely N-dealkylation sites (tertiary alicyclic amines) is 1. The molecule has 2 aliphatic carbocycles. The van der Waals surface area contributed by atoms with Crippen molar-refractivity contribution < 1.29 is 55.0 Å². The number of alkyl halides is 5. The van der Waals surface area contributed by atoms with Gasteiger partial charge in [-0.25, -0.2) is 13.9 Å². The van der Waals surface area contributed by atoms with E-state index >= 15 is 4.39 Å². The van der Waals surface area contributed by atoms with Gasteiger partial charge in [0.2, 0.25) is 17.7 Å². The first-order valence-electron chi connectivity index (χ1n) is 22.6. The number of halogens is 5. The molecule has 2 aromatic carbocycles. The van der Waals surface area contributed by atoms with Gasteiger partial charge in [-0.15, -0.1) is 11.3 Å². The van der Waals surface area contributed by atoms with Crippen LogP contribution in [0.2, 0.25) is 0 Å². The van der Waals surface area contributed by atoms with Crippen molar-refractivity contribution in [3.8, 4) is 0 Å². The molecule has 1 aromatic heterocycles. The van der Waals surface area contributed by atoms with Crippen LogP contribution in [0.1, 0.15) is 118 Å². The van der Waals surface area contributed by atoms with Crippen molar-refractivity contribution in [1.29, 1.82) is 0 Å². The second kappa shape index (κ2) is 18.6. The molecule has 3 saturated heterocycles. The molecular formula is C46H57F5N5O7PS. The molecule has 3 aliphatic heterocycles. The topological polar surface area (TPSA) is 138 Å². The van der Waals surface area contributed by atoms with Gasteiger partial charge in [0.1, 0.15) is 24.3 Å². The first kappa shape index (κ1) is 47.5. The second-order valence-electron chi connectivity index (χ2n) is 18.9. The third-order valence-electron chi connectivity index (χ3n) is 14.0. The predicted octanol–water partition coefficient (Wildman–Crippen LogP) is 8.56. The highest BCUT2D eigenvalue weighted by Gasteiger charge is 2.59. The van der Waals surface area contributed by atoms with E-state index in [0.29, 0.717) is 55.2 Å². The molecule has 12 nitrogen and oxygen atoms in total. The van der Waals surface area contributed by atoms with Gasteiger partial charge in [-0.3, -0.25) is 23.7 Å². The molecule has 19 heteroatoms. The normalized spacial score (nSPS) is 28.4. The third kappa shape index (κ3) is 10.2. The predicted molar refractivity (Wildman–Crippen MR) is 235 cm³/mol. The molecule has 8 rings (SSSR count). The minimum Gasteiger partial charge on any atom is -0.462 e. The maximum absolute atomic E-state index is 16.2. The van der Waals surface area contributed by atoms with Crippen molar-refractivity contribution >= 4 is 52.6 Å². The first-order valence-corrected chi connectivity index (χ1v) is 25.1. The lowest BCUT2D eigenvalue weighted by molar-refractivity contribution is -0.154. The number of fused-ring (bicyclic) bond motifs is 2. The van der Waals surface area contributed by atoms with Crippen LogP contribution in [0.5, 0.6) is 0 Å². The molecule has 0 bridgehead atoms. The zero-order chi connectivity index (χ0) is 46.6. The molecular weight excluding hydrogens is 893 g/mol. The molecule has 2 saturated carbocycles. The Morgan fingerprint density at radius 2 is 1.71 bits per heavy atom. The number of hydrogen-bond acceptors (Lipinski definition) is 9. The molecule has 4 heterocycles. The number of amides is 3. The number of carbonyl (C=O) groups excluding carboxylic acids is 4. The van der Waals surface area contributed by atoms with Crippen molar-refractivity contribution in [2.45, 2.75) is 157 Å². The summed E-state index contributed by atoms with van der Waals surface area (Å²) in [5.41, 5.74) is 0.639. The fraction of sp³-hybridized carbons (Fsp3) is 0.609. The van der Waals surface area contributed by atoms with Gasteiger partial charge in [0, 0.05) is 40.8 Å². The number of thiophene rings is 1. The van der Waals surface area contributed by atoms with Gasteiger partial charge in [-0.05, 0) is 127 Å². The van der Waals surface area contributed by atoms with Crippen LogP contribution in [0, 0.1) is 0 Å². The summed E-state index contributed by atoms with van der Waals surface area (Å²) < 4.78 is 94.1. The highest BCUT2D eigenvalue weighted by Crippen LogP contribution is 2.59. The van der Waals surface area contributed by atoms with Crippen molar-refractivity contribution in [3.05, 3.63) is 70.6 Å². The Labute approximate surface area is 379 Å². The highest BCUT2D eigenvalue weighted by atomic mass is 32.1. The smallest absolute Gasteiger partial charge is 0.412 e. The molecule has 354 valence electrons. The minimum atomic E-state index is -5.09. The summed E-state index contributed by atoms with van der Waals surface area (Å²) in [7, 11) is -3.10. The highest BCUT2D eigenvalue weighted by molar-refractivity contribution is 7.57. The van der Waals surface area contributed by atoms with E-state index in [-0.39, 0.29) is 58.3 Å². The van der Waals surface area contributed by atoms with Crippen LogP contribution in [0.15, 0.2) is 54.6 Å². The van der Waals surface area contributed by atoms with Crippen LogP contribution < -0.4 is 10.4 Å². The molecule has 65 heavy (non-hydrogen) atoms. The quantitative estimate of drug-likeness (QED) is 0.0926. The summed E-state index contributed by atoms with van der Waals surface area (Å²) in [5, 5.41) is 5.39. The van der Waals surface area contributed by atoms with Crippen molar-refractivity contribution in [2.24, 2.45) is 0 Å². The van der Waals surface area contributed by atoms with E-state index in [0.717, 1.165) is 30.6 Å². The Hall–Kier alpha value is -3.96. The van der Waals surface area contributed by atoms with Crippen molar-refractivity contribution in [1.82, 2.24) is 25.1 Å². The maximum atomic E-state index is 16.2. The van der Waals surface area contributed by atoms with Gasteiger partial charge in [0.15, 0.2) is 6.61 Å². The van der Waals surface area contributed by atoms with Crippen LogP contribution in [0.25, 0.3) is 10.1 Å². The summed E-state index contributed by atoms with van der Waals surface area (Å²) in [5.74, 6) is -4.43. The number of nitrogens with zero attached hydrogens (tertiary/aromatic N) is 3. The monoisotopic (exact) mass is 949 g/mol. The van der Waals surface area contributed by atoms with Gasteiger partial charge in [0.05, 0.1) is 11.0 Å². The molecule has 3 aromatic rings. The van der Waals surface area contributed by atoms with Crippen LogP contribution in [0.4, 0.5) is 22.0 Å². The fourth-order valence-corrected chi connectivity index (χ4v) is 13.1. The van der Waals surface area contributed by atoms with E-state index in [1.807, 2.05) is 30.1 Å². The van der Waals surface area contributed by atoms with Crippen LogP contribution in [-0.2, 0) is 28.2 Å². The van der Waals surface area contributed by atoms with E-state index in [9.17, 15) is 41.3 Å². The number of benzene rings is 2. The third-order valence-corrected chi connectivity index (χ3v) is 17.3. The molecule has 5 fully saturated rings. The molecule has 8 atom stereocenters. The zero-order valence-corrected chi connectivity index (χ0v) is 38.6. The Morgan fingerprint density at radius 1 is 0.985 bits per heavy atom. The zero-order valence-electron chi connectivity index (χ0n) is 36.9. The maximum Gasteiger partial charge on any atom is 0.412 e. The van der Waals surface area contributed by atoms with Gasteiger partial charge in [0.25, 0.3) is 5.91 Å². The lowest BCUT2D eigenvalue weighted by atomic mass is 9.86. The molecule has 1 unspecified atom stereocenters. The second-order valence-corrected chi connectivity index (χ2v) is 22.2. The van der Waals surface area contributed by atoms with Crippen LogP contribution in [0.3, 0.4) is 0 Å². The Morgan fingerprint density at radius 3 is 2.37 bits per heavy atom. The summed E-state index contributed by atoms with van der Waals surface area (Å²) in [6.07, 6.45) is -0.340. The SMILES string of the molecule is CC(C)OC(=O)[C@H](C)NP(=O)(OCC(F)(F)F)[C@@H](F)c1ccc2sc(C(=O)N[C@H]3CC[C@H](N(C)C4CC(F)C4)C[C@H]4CC[C@@H](C(=O)N5C[C@H](c6ccccc6)CC56CC6)N4C3=O)cc2c1. The molecule has 5 aliphatic rings. The summed E-state index contributed by atoms with van der Waals surface area (Å²) >= 11 is 1.04. The standard InChI is InChI=1S/C46H57F5N5O7PS/c1-26(2)63-44(60)27(3)53-64(61,62-25-46(49,50)51)40(48)29-10-15-38-30(18-29)19-39(65-38)41(57)52-36-13-11-33(54(4)35-20-32(47)21-35)22-34-12-14-37(56(34)42(36)58)43(59)55-24-31(23-45(55)16-17-45)28-8-6-5-7-9-28/h5-10,15,18-19,26-27,31-37,40H,11-14,16-17,20-25H2,1-4H3,(H,52,57)(H,53,61)/t27-,31+,32?,33-,34+,35?,36-,37-,40+,64?/m0/s1. The van der Waals surface area contributed by atoms with Crippen LogP contribution >= 0.6 is 18.9 Å². The average Bonchev–Trinajstić information content (AvgIpc) is 3.53. The molecule has 3 amide bonds. The Balaban J connectivity index is 1.02. The Bertz CT molecular complexity index is 2310. The van der Waals surface area contributed by atoms with E-state index < -0.39 is 68.5 Å². The summed E-state index contributed by atoms with van der Waals surface area (Å²) in [4.78, 5) is 62.3. The van der Waals surface area contributed by atoms with Crippen molar-refractivity contribution in [3.63, 3.8) is 0 Å². The molecule has 2 N–H and O–H groups in total. The number of esters is 1. The molecule has 0 radical (unpaired) electrons. The van der Waals surface area contributed by atoms with Gasteiger partial charge >= 0.3 is 19.7 Å². The summed E-state index contributed by atoms with van der Waals surface area (Å²) in [6.45, 7) is 2.77. The average molecular weight is 950 g/mol. The first-order chi connectivity index (χ1) is 30.7. The van der Waals surface area contributed by atoms with Gasteiger partial charge < -0.3 is 29.3 Å². The van der Waals surface area contributed by atoms with E-state index in [4.69, 9.17) is 4.74 Å². The lowest BCUT2D eigenvalue weighted by Gasteiger charge is -2.45. The van der Waals surface area contributed by atoms with Gasteiger partial charge in [-0.1, -0.05) is 36.4 Å². The lowest BCUT2D eigenvalue weighted by Crippen LogP contribution is -2.59. The van der Waals surface area contributed by atoms with E-state index in [1.54, 1.807) is 4.90 Å². The van der Waals surface area contributed by atoms with Crippen LogP contribution in [-0.4, -0.2) is 119 Å².